The molecule has 3 rings (SSSR count). The maximum Gasteiger partial charge on any atom is 0.154 e. The Balaban J connectivity index is 1.99. The summed E-state index contributed by atoms with van der Waals surface area (Å²) < 4.78 is 5.10. The molecular formula is C20H18N4O. The normalized spacial score (nSPS) is 10.9. The van der Waals surface area contributed by atoms with Gasteiger partial charge in [0, 0.05) is 37.0 Å². The lowest BCUT2D eigenvalue weighted by molar-refractivity contribution is 0.210. The summed E-state index contributed by atoms with van der Waals surface area (Å²) in [5.41, 5.74) is 2.62. The van der Waals surface area contributed by atoms with Crippen LogP contribution in [0.25, 0.3) is 23.1 Å². The van der Waals surface area contributed by atoms with Crippen molar-refractivity contribution in [1.29, 1.82) is 0 Å². The van der Waals surface area contributed by atoms with Crippen molar-refractivity contribution in [2.75, 3.05) is 25.6 Å². The summed E-state index contributed by atoms with van der Waals surface area (Å²) in [6.45, 7) is 1.23. The van der Waals surface area contributed by atoms with Gasteiger partial charge in [0.1, 0.15) is 5.82 Å². The summed E-state index contributed by atoms with van der Waals surface area (Å²) in [6.07, 6.45) is 12.8. The van der Waals surface area contributed by atoms with Crippen LogP contribution in [0.1, 0.15) is 17.0 Å². The van der Waals surface area contributed by atoms with Crippen LogP contribution < -0.4 is 5.32 Å². The van der Waals surface area contributed by atoms with Crippen LogP contribution in [0.5, 0.6) is 0 Å². The number of fused-ring (bicyclic) bond motifs is 1. The third-order valence-corrected chi connectivity index (χ3v) is 3.59. The van der Waals surface area contributed by atoms with Crippen molar-refractivity contribution >= 4 is 28.9 Å². The lowest BCUT2D eigenvalue weighted by atomic mass is 10.1. The third kappa shape index (κ3) is 4.19. The van der Waals surface area contributed by atoms with E-state index in [0.717, 1.165) is 27.8 Å². The highest BCUT2D eigenvalue weighted by atomic mass is 16.5. The second-order valence-electron chi connectivity index (χ2n) is 5.35. The number of nitrogens with zero attached hydrogens (tertiary/aromatic N) is 3. The first kappa shape index (κ1) is 16.6. The Labute approximate surface area is 146 Å². The van der Waals surface area contributed by atoms with Crippen LogP contribution in [0.4, 0.5) is 5.82 Å². The smallest absolute Gasteiger partial charge is 0.154 e. The van der Waals surface area contributed by atoms with Crippen LogP contribution in [0.15, 0.2) is 42.7 Å². The van der Waals surface area contributed by atoms with Gasteiger partial charge in [0.05, 0.1) is 12.1 Å². The minimum Gasteiger partial charge on any atom is -0.383 e. The van der Waals surface area contributed by atoms with Crippen molar-refractivity contribution in [3.05, 3.63) is 59.7 Å². The number of anilines is 1. The molecule has 0 aliphatic heterocycles. The van der Waals surface area contributed by atoms with Crippen molar-refractivity contribution in [1.82, 2.24) is 15.0 Å². The van der Waals surface area contributed by atoms with Crippen LogP contribution >= 0.6 is 0 Å². The highest BCUT2D eigenvalue weighted by Crippen LogP contribution is 2.22. The summed E-state index contributed by atoms with van der Waals surface area (Å²) in [7, 11) is 1.66. The number of rotatable bonds is 6. The molecule has 1 N–H and O–H groups in total. The summed E-state index contributed by atoms with van der Waals surface area (Å²) in [4.78, 5) is 13.3. The van der Waals surface area contributed by atoms with Gasteiger partial charge in [0.15, 0.2) is 5.82 Å². The van der Waals surface area contributed by atoms with Gasteiger partial charge in [-0.15, -0.1) is 6.42 Å². The van der Waals surface area contributed by atoms with Gasteiger partial charge in [0.25, 0.3) is 0 Å². The van der Waals surface area contributed by atoms with Crippen molar-refractivity contribution in [3.8, 4) is 12.3 Å². The van der Waals surface area contributed by atoms with Gasteiger partial charge in [0.2, 0.25) is 0 Å². The van der Waals surface area contributed by atoms with Crippen LogP contribution in [-0.2, 0) is 4.74 Å². The van der Waals surface area contributed by atoms with Crippen molar-refractivity contribution in [3.63, 3.8) is 0 Å². The number of terminal acetylenes is 1. The molecule has 5 nitrogen and oxygen atoms in total. The number of hydrogen-bond donors (Lipinski definition) is 1. The Morgan fingerprint density at radius 1 is 1.24 bits per heavy atom. The third-order valence-electron chi connectivity index (χ3n) is 3.59. The predicted molar refractivity (Wildman–Crippen MR) is 101 cm³/mol. The Bertz CT molecular complexity index is 930. The molecule has 5 heteroatoms. The monoisotopic (exact) mass is 330 g/mol. The highest BCUT2D eigenvalue weighted by molar-refractivity contribution is 5.91. The van der Waals surface area contributed by atoms with Crippen LogP contribution in [0.3, 0.4) is 0 Å². The molecule has 0 amide bonds. The number of benzene rings is 1. The molecule has 3 aromatic rings. The first-order chi connectivity index (χ1) is 12.3. The van der Waals surface area contributed by atoms with Gasteiger partial charge in [-0.2, -0.15) is 0 Å². The minimum absolute atomic E-state index is 0.585. The molecular weight excluding hydrogens is 312 g/mol. The summed E-state index contributed by atoms with van der Waals surface area (Å²) in [5.74, 6) is 4.00. The second-order valence-corrected chi connectivity index (χ2v) is 5.35. The summed E-state index contributed by atoms with van der Waals surface area (Å²) in [5, 5.41) is 4.18. The zero-order valence-corrected chi connectivity index (χ0v) is 13.9. The van der Waals surface area contributed by atoms with E-state index in [0.29, 0.717) is 19.0 Å². The molecule has 0 radical (unpaired) electrons. The number of pyridine rings is 1. The van der Waals surface area contributed by atoms with Gasteiger partial charge >= 0.3 is 0 Å². The lowest BCUT2D eigenvalue weighted by Crippen LogP contribution is -2.10. The number of aromatic nitrogens is 3. The molecule has 0 atom stereocenters. The predicted octanol–water partition coefficient (Wildman–Crippen LogP) is 3.23. The topological polar surface area (TPSA) is 59.9 Å². The van der Waals surface area contributed by atoms with E-state index < -0.39 is 0 Å². The molecule has 25 heavy (non-hydrogen) atoms. The fraction of sp³-hybridized carbons (Fsp3) is 0.150. The van der Waals surface area contributed by atoms with Crippen molar-refractivity contribution < 1.29 is 4.74 Å². The van der Waals surface area contributed by atoms with Gasteiger partial charge in [-0.1, -0.05) is 12.0 Å². The van der Waals surface area contributed by atoms with Crippen LogP contribution in [0.2, 0.25) is 0 Å². The molecule has 0 spiro atoms. The number of ether oxygens (including phenoxy) is 1. The maximum absolute atomic E-state index is 5.51. The average Bonchev–Trinajstić information content (AvgIpc) is 2.67. The molecule has 0 unspecified atom stereocenters. The van der Waals surface area contributed by atoms with Crippen molar-refractivity contribution in [2.24, 2.45) is 0 Å². The number of nitrogens with one attached hydrogen (secondary N) is 1. The molecule has 0 aliphatic carbocycles. The second kappa shape index (κ2) is 8.04. The molecule has 1 aromatic carbocycles. The highest BCUT2D eigenvalue weighted by Gasteiger charge is 2.07. The van der Waals surface area contributed by atoms with Gasteiger partial charge < -0.3 is 10.1 Å². The molecule has 0 bridgehead atoms. The van der Waals surface area contributed by atoms with Crippen LogP contribution in [-0.4, -0.2) is 35.2 Å². The van der Waals surface area contributed by atoms with E-state index in [1.165, 1.54) is 0 Å². The maximum atomic E-state index is 5.51. The summed E-state index contributed by atoms with van der Waals surface area (Å²) in [6, 6.07) is 9.57. The van der Waals surface area contributed by atoms with E-state index >= 15 is 0 Å². The Morgan fingerprint density at radius 3 is 2.92 bits per heavy atom. The van der Waals surface area contributed by atoms with E-state index in [1.54, 1.807) is 19.5 Å². The fourth-order valence-corrected chi connectivity index (χ4v) is 2.36. The Morgan fingerprint density at radius 2 is 2.16 bits per heavy atom. The SMILES string of the molecule is C#Cc1ccc2nc(/C=C/c3cccnc3)nc(NCCOC)c2c1. The van der Waals surface area contributed by atoms with E-state index in [4.69, 9.17) is 11.2 Å². The number of methoxy groups -OCH3 is 1. The first-order valence-corrected chi connectivity index (χ1v) is 7.89. The quantitative estimate of drug-likeness (QED) is 0.555. The van der Waals surface area contributed by atoms with Gasteiger partial charge in [-0.25, -0.2) is 9.97 Å². The molecule has 124 valence electrons. The van der Waals surface area contributed by atoms with Gasteiger partial charge in [-0.3, -0.25) is 4.98 Å². The Hall–Kier alpha value is -3.23. The van der Waals surface area contributed by atoms with E-state index in [9.17, 15) is 0 Å². The van der Waals surface area contributed by atoms with Crippen molar-refractivity contribution in [2.45, 2.75) is 0 Å². The zero-order valence-electron chi connectivity index (χ0n) is 13.9. The standard InChI is InChI=1S/C20H18N4O/c1-3-15-6-8-18-17(13-15)20(22-11-12-25-2)24-19(23-18)9-7-16-5-4-10-21-14-16/h1,4-10,13-14H,11-12H2,2H3,(H,22,23,24)/b9-7+. The minimum atomic E-state index is 0.585. The largest absolute Gasteiger partial charge is 0.383 e. The van der Waals surface area contributed by atoms with E-state index in [-0.39, 0.29) is 0 Å². The fourth-order valence-electron chi connectivity index (χ4n) is 2.36. The molecule has 2 heterocycles. The summed E-state index contributed by atoms with van der Waals surface area (Å²) >= 11 is 0. The van der Waals surface area contributed by atoms with E-state index in [1.807, 2.05) is 42.5 Å². The molecule has 0 fully saturated rings. The number of hydrogen-bond acceptors (Lipinski definition) is 5. The molecule has 2 aromatic heterocycles. The molecule has 0 saturated carbocycles. The van der Waals surface area contributed by atoms with Gasteiger partial charge in [-0.05, 0) is 42.0 Å². The zero-order chi connectivity index (χ0) is 17.5. The average molecular weight is 330 g/mol. The Kier molecular flexibility index (Phi) is 5.35. The van der Waals surface area contributed by atoms with E-state index in [2.05, 4.69) is 26.2 Å². The van der Waals surface area contributed by atoms with Crippen LogP contribution in [0, 0.1) is 12.3 Å². The first-order valence-electron chi connectivity index (χ1n) is 7.89. The molecule has 0 saturated heterocycles. The molecule has 0 aliphatic rings. The lowest BCUT2D eigenvalue weighted by Gasteiger charge is -2.10.